The van der Waals surface area contributed by atoms with Crippen LogP contribution >= 0.6 is 0 Å². The predicted molar refractivity (Wildman–Crippen MR) is 62.2 cm³/mol. The Labute approximate surface area is 96.0 Å². The molecule has 1 fully saturated rings. The number of benzene rings is 1. The first kappa shape index (κ1) is 11.4. The first-order valence-corrected chi connectivity index (χ1v) is 5.85. The van der Waals surface area contributed by atoms with Gasteiger partial charge in [-0.05, 0) is 45.0 Å². The molecule has 0 aromatic heterocycles. The minimum Gasteiger partial charge on any atom is -0.490 e. The standard InChI is InChI=1S/C13H18FNO/c1-15-9-4-5-11(15)8-10-16-13-7-3-2-6-12(13)14/h2-3,6-7,11H,4-5,8-10H2,1H3. The number of nitrogens with zero attached hydrogens (tertiary/aromatic N) is 1. The largest absolute Gasteiger partial charge is 0.490 e. The summed E-state index contributed by atoms with van der Waals surface area (Å²) in [4.78, 5) is 2.35. The van der Waals surface area contributed by atoms with Crippen LogP contribution in [0, 0.1) is 5.82 Å². The number of likely N-dealkylation sites (tertiary alicyclic amines) is 1. The minimum atomic E-state index is -0.276. The molecule has 16 heavy (non-hydrogen) atoms. The highest BCUT2D eigenvalue weighted by Gasteiger charge is 2.20. The van der Waals surface area contributed by atoms with Gasteiger partial charge in [0.1, 0.15) is 0 Å². The van der Waals surface area contributed by atoms with Gasteiger partial charge in [0.15, 0.2) is 11.6 Å². The van der Waals surface area contributed by atoms with E-state index >= 15 is 0 Å². The molecule has 0 spiro atoms. The van der Waals surface area contributed by atoms with E-state index in [0.29, 0.717) is 18.4 Å². The Hall–Kier alpha value is -1.09. The second kappa shape index (κ2) is 5.30. The fraction of sp³-hybridized carbons (Fsp3) is 0.538. The lowest BCUT2D eigenvalue weighted by Crippen LogP contribution is -2.26. The van der Waals surface area contributed by atoms with Gasteiger partial charge in [-0.3, -0.25) is 0 Å². The Morgan fingerprint density at radius 1 is 1.44 bits per heavy atom. The SMILES string of the molecule is CN1CCCC1CCOc1ccccc1F. The monoisotopic (exact) mass is 223 g/mol. The third kappa shape index (κ3) is 2.73. The zero-order valence-electron chi connectivity index (χ0n) is 9.66. The van der Waals surface area contributed by atoms with Crippen molar-refractivity contribution in [2.75, 3.05) is 20.2 Å². The van der Waals surface area contributed by atoms with E-state index in [9.17, 15) is 4.39 Å². The smallest absolute Gasteiger partial charge is 0.165 e. The first-order valence-electron chi connectivity index (χ1n) is 5.85. The van der Waals surface area contributed by atoms with Gasteiger partial charge in [-0.25, -0.2) is 4.39 Å². The van der Waals surface area contributed by atoms with E-state index < -0.39 is 0 Å². The molecule has 1 aliphatic heterocycles. The van der Waals surface area contributed by atoms with E-state index in [1.807, 2.05) is 0 Å². The lowest BCUT2D eigenvalue weighted by Gasteiger charge is -2.19. The van der Waals surface area contributed by atoms with E-state index in [2.05, 4.69) is 11.9 Å². The number of hydrogen-bond donors (Lipinski definition) is 0. The van der Waals surface area contributed by atoms with E-state index in [1.165, 1.54) is 25.5 Å². The molecular weight excluding hydrogens is 205 g/mol. The van der Waals surface area contributed by atoms with Crippen LogP contribution < -0.4 is 4.74 Å². The summed E-state index contributed by atoms with van der Waals surface area (Å²) < 4.78 is 18.7. The molecule has 0 radical (unpaired) electrons. The summed E-state index contributed by atoms with van der Waals surface area (Å²) in [6.45, 7) is 1.76. The van der Waals surface area contributed by atoms with Gasteiger partial charge in [0.05, 0.1) is 6.61 Å². The van der Waals surface area contributed by atoms with Crippen LogP contribution in [-0.2, 0) is 0 Å². The fourth-order valence-corrected chi connectivity index (χ4v) is 2.21. The zero-order valence-corrected chi connectivity index (χ0v) is 9.66. The normalized spacial score (nSPS) is 21.2. The lowest BCUT2D eigenvalue weighted by atomic mass is 10.1. The van der Waals surface area contributed by atoms with Gasteiger partial charge in [0.25, 0.3) is 0 Å². The van der Waals surface area contributed by atoms with E-state index in [4.69, 9.17) is 4.74 Å². The molecular formula is C13H18FNO. The molecule has 0 aliphatic carbocycles. The Balaban J connectivity index is 1.78. The van der Waals surface area contributed by atoms with Gasteiger partial charge in [0, 0.05) is 6.04 Å². The minimum absolute atomic E-state index is 0.276. The molecule has 1 aliphatic rings. The number of para-hydroxylation sites is 1. The van der Waals surface area contributed by atoms with Crippen molar-refractivity contribution in [3.8, 4) is 5.75 Å². The van der Waals surface area contributed by atoms with Crippen LogP contribution in [0.1, 0.15) is 19.3 Å². The summed E-state index contributed by atoms with van der Waals surface area (Å²) in [5.41, 5.74) is 0. The molecule has 0 bridgehead atoms. The molecule has 0 N–H and O–H groups in total. The van der Waals surface area contributed by atoms with Crippen molar-refractivity contribution < 1.29 is 9.13 Å². The molecule has 3 heteroatoms. The van der Waals surface area contributed by atoms with Crippen molar-refractivity contribution in [3.63, 3.8) is 0 Å². The molecule has 1 heterocycles. The van der Waals surface area contributed by atoms with Crippen LogP contribution in [0.5, 0.6) is 5.75 Å². The highest BCUT2D eigenvalue weighted by molar-refractivity contribution is 5.23. The van der Waals surface area contributed by atoms with Gasteiger partial charge in [-0.15, -0.1) is 0 Å². The molecule has 2 rings (SSSR count). The van der Waals surface area contributed by atoms with Gasteiger partial charge < -0.3 is 9.64 Å². The summed E-state index contributed by atoms with van der Waals surface area (Å²) in [5.74, 6) is 0.0884. The third-order valence-corrected chi connectivity index (χ3v) is 3.22. The highest BCUT2D eigenvalue weighted by atomic mass is 19.1. The molecule has 0 amide bonds. The Bertz CT molecular complexity index is 342. The van der Waals surface area contributed by atoms with Crippen molar-refractivity contribution in [1.29, 1.82) is 0 Å². The number of halogens is 1. The summed E-state index contributed by atoms with van der Waals surface area (Å²) in [6.07, 6.45) is 3.48. The van der Waals surface area contributed by atoms with Gasteiger partial charge in [-0.2, -0.15) is 0 Å². The molecule has 1 aromatic rings. The number of rotatable bonds is 4. The van der Waals surface area contributed by atoms with Crippen LogP contribution in [0.15, 0.2) is 24.3 Å². The van der Waals surface area contributed by atoms with Gasteiger partial charge >= 0.3 is 0 Å². The summed E-state index contributed by atoms with van der Waals surface area (Å²) >= 11 is 0. The van der Waals surface area contributed by atoms with Crippen LogP contribution in [0.3, 0.4) is 0 Å². The molecule has 1 atom stereocenters. The molecule has 1 unspecified atom stereocenters. The Kier molecular flexibility index (Phi) is 3.78. The molecule has 1 aromatic carbocycles. The summed E-state index contributed by atoms with van der Waals surface area (Å²) in [7, 11) is 2.14. The molecule has 2 nitrogen and oxygen atoms in total. The lowest BCUT2D eigenvalue weighted by molar-refractivity contribution is 0.228. The van der Waals surface area contributed by atoms with E-state index in [0.717, 1.165) is 6.42 Å². The van der Waals surface area contributed by atoms with E-state index in [1.54, 1.807) is 18.2 Å². The maximum atomic E-state index is 13.2. The third-order valence-electron chi connectivity index (χ3n) is 3.22. The van der Waals surface area contributed by atoms with Crippen LogP contribution in [-0.4, -0.2) is 31.1 Å². The average Bonchev–Trinajstić information content (AvgIpc) is 2.67. The van der Waals surface area contributed by atoms with E-state index in [-0.39, 0.29) is 5.82 Å². The van der Waals surface area contributed by atoms with Crippen LogP contribution in [0.25, 0.3) is 0 Å². The van der Waals surface area contributed by atoms with Crippen LogP contribution in [0.4, 0.5) is 4.39 Å². The van der Waals surface area contributed by atoms with Gasteiger partial charge in [-0.1, -0.05) is 12.1 Å². The second-order valence-corrected chi connectivity index (χ2v) is 4.34. The summed E-state index contributed by atoms with van der Waals surface area (Å²) in [5, 5.41) is 0. The molecule has 0 saturated carbocycles. The van der Waals surface area contributed by atoms with Crippen molar-refractivity contribution in [2.45, 2.75) is 25.3 Å². The first-order chi connectivity index (χ1) is 7.77. The van der Waals surface area contributed by atoms with Crippen molar-refractivity contribution in [1.82, 2.24) is 4.90 Å². The second-order valence-electron chi connectivity index (χ2n) is 4.34. The average molecular weight is 223 g/mol. The Morgan fingerprint density at radius 2 is 2.25 bits per heavy atom. The summed E-state index contributed by atoms with van der Waals surface area (Å²) in [6, 6.07) is 7.17. The topological polar surface area (TPSA) is 12.5 Å². The van der Waals surface area contributed by atoms with Gasteiger partial charge in [0.2, 0.25) is 0 Å². The Morgan fingerprint density at radius 3 is 2.94 bits per heavy atom. The fourth-order valence-electron chi connectivity index (χ4n) is 2.21. The maximum Gasteiger partial charge on any atom is 0.165 e. The highest BCUT2D eigenvalue weighted by Crippen LogP contribution is 2.19. The predicted octanol–water partition coefficient (Wildman–Crippen LogP) is 2.69. The molecule has 88 valence electrons. The van der Waals surface area contributed by atoms with Crippen molar-refractivity contribution in [3.05, 3.63) is 30.1 Å². The maximum absolute atomic E-state index is 13.2. The number of ether oxygens (including phenoxy) is 1. The quantitative estimate of drug-likeness (QED) is 0.778. The molecule has 1 saturated heterocycles. The zero-order chi connectivity index (χ0) is 11.4. The van der Waals surface area contributed by atoms with Crippen LogP contribution in [0.2, 0.25) is 0 Å². The van der Waals surface area contributed by atoms with Crippen molar-refractivity contribution >= 4 is 0 Å². The van der Waals surface area contributed by atoms with Crippen molar-refractivity contribution in [2.24, 2.45) is 0 Å². The number of hydrogen-bond acceptors (Lipinski definition) is 2.